The minimum absolute atomic E-state index is 0.00869. The molecule has 0 saturated carbocycles. The number of aliphatic hydroxyl groups excluding tert-OH is 1. The molecule has 0 spiro atoms. The number of H-pyrrole nitrogens is 1. The van der Waals surface area contributed by atoms with Gasteiger partial charge in [-0.25, -0.2) is 4.79 Å². The number of aromatic amines is 1. The number of phenolic OH excluding ortho intramolecular Hbond substituents is 1. The molecular formula is C51H74N14O15. The van der Waals surface area contributed by atoms with Gasteiger partial charge in [-0.05, 0) is 66.8 Å². The molecule has 0 radical (unpaired) electrons. The quantitative estimate of drug-likeness (QED) is 0.0154. The van der Waals surface area contributed by atoms with Gasteiger partial charge in [0.25, 0.3) is 0 Å². The van der Waals surface area contributed by atoms with Crippen LogP contribution in [0, 0.1) is 11.8 Å². The number of fused-ring (bicyclic) bond motifs is 1. The van der Waals surface area contributed by atoms with Gasteiger partial charge in [-0.3, -0.25) is 52.9 Å². The van der Waals surface area contributed by atoms with Crippen molar-refractivity contribution >= 4 is 82.0 Å². The van der Waals surface area contributed by atoms with Crippen molar-refractivity contribution in [1.29, 1.82) is 0 Å². The molecule has 0 aliphatic rings. The van der Waals surface area contributed by atoms with Crippen molar-refractivity contribution in [3.63, 3.8) is 0 Å². The second-order valence-corrected chi connectivity index (χ2v) is 19.7. The topological polar surface area (TPSA) is 497 Å². The normalized spacial score (nSPS) is 14.1. The van der Waals surface area contributed by atoms with E-state index in [-0.39, 0.29) is 68.6 Å². The van der Waals surface area contributed by atoms with E-state index in [9.17, 15) is 73.2 Å². The van der Waals surface area contributed by atoms with E-state index in [1.807, 2.05) is 0 Å². The molecule has 9 amide bonds. The Labute approximate surface area is 459 Å². The van der Waals surface area contributed by atoms with Gasteiger partial charge in [0.05, 0.1) is 26.0 Å². The third-order valence-electron chi connectivity index (χ3n) is 12.0. The first-order chi connectivity index (χ1) is 37.7. The maximum Gasteiger partial charge on any atom is 0.326 e. The summed E-state index contributed by atoms with van der Waals surface area (Å²) in [5, 5.41) is 58.7. The number of guanidine groups is 1. The highest BCUT2D eigenvalue weighted by atomic mass is 16.4. The van der Waals surface area contributed by atoms with Gasteiger partial charge in [0.2, 0.25) is 53.2 Å². The highest BCUT2D eigenvalue weighted by Crippen LogP contribution is 2.20. The number of aromatic hydroxyl groups is 1. The Morgan fingerprint density at radius 1 is 0.600 bits per heavy atom. The molecule has 1 heterocycles. The van der Waals surface area contributed by atoms with E-state index in [0.29, 0.717) is 22.0 Å². The van der Waals surface area contributed by atoms with Gasteiger partial charge in [0.15, 0.2) is 5.96 Å². The number of aliphatic carboxylic acids is 2. The minimum atomic E-state index is -1.90. The predicted octanol–water partition coefficient (Wildman–Crippen LogP) is -3.93. The van der Waals surface area contributed by atoms with E-state index in [1.54, 1.807) is 58.2 Å². The molecule has 0 fully saturated rings. The van der Waals surface area contributed by atoms with Crippen molar-refractivity contribution in [2.24, 2.45) is 39.8 Å². The fraction of sp³-hybridized carbons (Fsp3) is 0.490. The maximum atomic E-state index is 14.2. The Kier molecular flexibility index (Phi) is 26.3. The Morgan fingerprint density at radius 2 is 1.11 bits per heavy atom. The lowest BCUT2D eigenvalue weighted by atomic mass is 10.0. The summed E-state index contributed by atoms with van der Waals surface area (Å²) < 4.78 is 0. The van der Waals surface area contributed by atoms with Crippen LogP contribution in [0.15, 0.2) is 59.7 Å². The Hall–Kier alpha value is -8.86. The van der Waals surface area contributed by atoms with Crippen LogP contribution in [-0.2, 0) is 65.6 Å². The number of benzene rings is 2. The molecule has 0 aliphatic carbocycles. The first-order valence-electron chi connectivity index (χ1n) is 25.5. The number of carbonyl (C=O) groups excluding carboxylic acids is 9. The van der Waals surface area contributed by atoms with Crippen molar-refractivity contribution in [3.8, 4) is 5.75 Å². The van der Waals surface area contributed by atoms with Crippen molar-refractivity contribution in [3.05, 3.63) is 65.9 Å². The number of primary amides is 1. The zero-order valence-electron chi connectivity index (χ0n) is 44.8. The van der Waals surface area contributed by atoms with Crippen LogP contribution in [0.2, 0.25) is 0 Å². The average Bonchev–Trinajstić information content (AvgIpc) is 3.79. The fourth-order valence-electron chi connectivity index (χ4n) is 8.03. The third kappa shape index (κ3) is 22.6. The van der Waals surface area contributed by atoms with Gasteiger partial charge < -0.3 is 90.9 Å². The van der Waals surface area contributed by atoms with Crippen LogP contribution in [0.4, 0.5) is 0 Å². The number of nitrogens with zero attached hydrogens (tertiary/aromatic N) is 1. The van der Waals surface area contributed by atoms with Crippen molar-refractivity contribution in [2.45, 2.75) is 127 Å². The van der Waals surface area contributed by atoms with Crippen molar-refractivity contribution in [1.82, 2.24) is 47.5 Å². The van der Waals surface area contributed by atoms with E-state index < -0.39 is 139 Å². The maximum absolute atomic E-state index is 14.2. The highest BCUT2D eigenvalue weighted by Gasteiger charge is 2.35. The first-order valence-corrected chi connectivity index (χ1v) is 25.5. The number of aliphatic imine (C=N–C) groups is 1. The summed E-state index contributed by atoms with van der Waals surface area (Å²) >= 11 is 0. The number of hydrogen-bond donors (Lipinski definition) is 17. The Morgan fingerprint density at radius 3 is 1.69 bits per heavy atom. The lowest BCUT2D eigenvalue weighted by Crippen LogP contribution is -2.60. The Bertz CT molecular complexity index is 2690. The molecular weight excluding hydrogens is 1050 g/mol. The summed E-state index contributed by atoms with van der Waals surface area (Å²) in [5.74, 6) is -13.0. The zero-order valence-corrected chi connectivity index (χ0v) is 44.8. The van der Waals surface area contributed by atoms with E-state index >= 15 is 0 Å². The number of para-hydroxylation sites is 1. The van der Waals surface area contributed by atoms with E-state index in [2.05, 4.69) is 52.5 Å². The standard InChI is InChI=1S/C51H74N14O15/c1-25(2)16-34(46(75)63-37(20-40(53)68)44(73)58-23-41(69)59-35(18-27-11-13-29(67)14-12-27)47(76)65-39(50(79)80)17-26(3)4)62-45(74)33(10-7-15-56-51(54)55)60-49(78)38(21-42(70)71)64-48(77)36(61-43(72)31(52)24-66)19-28-22-57-32-9-6-5-8-30(28)32/h5-6,8-9,11-14,22,25-26,31,33-39,57,66-67H,7,10,15-21,23-24,52H2,1-4H3,(H2,53,68)(H,58,73)(H,59,69)(H,60,78)(H,61,72)(H,62,74)(H,63,75)(H,64,77)(H,65,76)(H,70,71)(H,79,80)(H4,54,55,56)/t31-,33-,34-,35-,36-,37-,38-,39-/m0/s1. The first kappa shape index (κ1) is 65.4. The molecule has 29 nitrogen and oxygen atoms in total. The van der Waals surface area contributed by atoms with E-state index in [1.165, 1.54) is 24.3 Å². The number of phenols is 1. The molecule has 80 heavy (non-hydrogen) atoms. The lowest BCUT2D eigenvalue weighted by molar-refractivity contribution is -0.143. The van der Waals surface area contributed by atoms with Gasteiger partial charge >= 0.3 is 11.9 Å². The summed E-state index contributed by atoms with van der Waals surface area (Å²) in [6.45, 7) is 5.15. The predicted molar refractivity (Wildman–Crippen MR) is 288 cm³/mol. The summed E-state index contributed by atoms with van der Waals surface area (Å²) in [6, 6.07) is 0.189. The number of carboxylic acids is 2. The van der Waals surface area contributed by atoms with Crippen LogP contribution >= 0.6 is 0 Å². The SMILES string of the molecule is CC(C)C[C@H](NC(=O)[C@H](Cc1ccc(O)cc1)NC(=O)CNC(=O)[C@H](CC(N)=O)NC(=O)[C@H](CC(C)C)NC(=O)[C@H](CCCN=C(N)N)NC(=O)[C@H](CC(=O)O)NC(=O)[C@H](Cc1c[nH]c2ccccc12)NC(=O)[C@@H](N)CO)C(=O)O. The Balaban J connectivity index is 1.86. The molecule has 1 aromatic heterocycles. The van der Waals surface area contributed by atoms with Gasteiger partial charge in [-0.1, -0.05) is 58.0 Å². The van der Waals surface area contributed by atoms with Crippen LogP contribution in [0.3, 0.4) is 0 Å². The molecule has 2 aromatic carbocycles. The molecule has 3 rings (SSSR count). The number of hydrogen-bond acceptors (Lipinski definition) is 15. The number of carboxylic acid groups (broad SMARTS) is 2. The second kappa shape index (κ2) is 32.1. The summed E-state index contributed by atoms with van der Waals surface area (Å²) in [5.41, 5.74) is 23.8. The monoisotopic (exact) mass is 1120 g/mol. The zero-order chi connectivity index (χ0) is 59.8. The van der Waals surface area contributed by atoms with E-state index in [4.69, 9.17) is 22.9 Å². The average molecular weight is 1120 g/mol. The number of rotatable bonds is 34. The van der Waals surface area contributed by atoms with Gasteiger partial charge in [-0.2, -0.15) is 0 Å². The van der Waals surface area contributed by atoms with Crippen LogP contribution in [0.5, 0.6) is 5.75 Å². The molecule has 0 aliphatic heterocycles. The third-order valence-corrected chi connectivity index (χ3v) is 12.0. The van der Waals surface area contributed by atoms with Crippen LogP contribution in [0.1, 0.15) is 77.3 Å². The number of carbonyl (C=O) groups is 11. The number of aliphatic hydroxyl groups is 1. The smallest absolute Gasteiger partial charge is 0.326 e. The second-order valence-electron chi connectivity index (χ2n) is 19.7. The summed E-state index contributed by atoms with van der Waals surface area (Å²) in [4.78, 5) is 153. The van der Waals surface area contributed by atoms with Gasteiger partial charge in [0, 0.05) is 36.5 Å². The number of nitrogens with two attached hydrogens (primary N) is 4. The minimum Gasteiger partial charge on any atom is -0.508 e. The van der Waals surface area contributed by atoms with Crippen molar-refractivity contribution < 1.29 is 73.2 Å². The fourth-order valence-corrected chi connectivity index (χ4v) is 8.03. The van der Waals surface area contributed by atoms with Crippen molar-refractivity contribution in [2.75, 3.05) is 19.7 Å². The van der Waals surface area contributed by atoms with Crippen LogP contribution in [0.25, 0.3) is 10.9 Å². The van der Waals surface area contributed by atoms with E-state index in [0.717, 1.165) is 0 Å². The molecule has 3 aromatic rings. The van der Waals surface area contributed by atoms with Gasteiger partial charge in [-0.15, -0.1) is 0 Å². The molecule has 8 atom stereocenters. The summed E-state index contributed by atoms with van der Waals surface area (Å²) in [6.07, 6.45) is -0.954. The van der Waals surface area contributed by atoms with Gasteiger partial charge in [0.1, 0.15) is 54.1 Å². The molecule has 21 N–H and O–H groups in total. The molecule has 0 unspecified atom stereocenters. The largest absolute Gasteiger partial charge is 0.508 e. The number of nitrogens with one attached hydrogen (secondary N) is 9. The number of amides is 9. The summed E-state index contributed by atoms with van der Waals surface area (Å²) in [7, 11) is 0. The molecule has 29 heteroatoms. The molecule has 0 saturated heterocycles. The molecule has 0 bridgehead atoms. The van der Waals surface area contributed by atoms with Crippen LogP contribution in [-0.4, -0.2) is 165 Å². The lowest BCUT2D eigenvalue weighted by Gasteiger charge is -2.27. The highest BCUT2D eigenvalue weighted by molar-refractivity contribution is 5.99. The van der Waals surface area contributed by atoms with Crippen LogP contribution < -0.4 is 65.5 Å². The molecule has 438 valence electrons. The number of aromatic nitrogens is 1.